The highest BCUT2D eigenvalue weighted by Gasteiger charge is 2.17. The number of unbranched alkanes of at least 4 members (excludes halogenated alkanes) is 1. The molecule has 0 saturated carbocycles. The van der Waals surface area contributed by atoms with Crippen molar-refractivity contribution in [2.45, 2.75) is 48.2 Å². The molecule has 1 amide bonds. The van der Waals surface area contributed by atoms with Gasteiger partial charge in [-0.1, -0.05) is 41.4 Å². The van der Waals surface area contributed by atoms with Crippen molar-refractivity contribution in [3.05, 3.63) is 82.8 Å². The minimum absolute atomic E-state index is 0.132. The second kappa shape index (κ2) is 11.7. The third-order valence-electron chi connectivity index (χ3n) is 4.95. The first-order chi connectivity index (χ1) is 15.8. The molecule has 0 bridgehead atoms. The maximum absolute atomic E-state index is 12.7. The number of hydrogen-bond acceptors (Lipinski definition) is 4. The zero-order valence-corrected chi connectivity index (χ0v) is 21.8. The van der Waals surface area contributed by atoms with E-state index in [0.29, 0.717) is 11.4 Å². The molecule has 33 heavy (non-hydrogen) atoms. The number of hydrogen-bond donors (Lipinski definition) is 2. The molecule has 0 fully saturated rings. The van der Waals surface area contributed by atoms with Crippen LogP contribution in [0.3, 0.4) is 0 Å². The minimum atomic E-state index is -3.72. The van der Waals surface area contributed by atoms with E-state index in [1.165, 1.54) is 29.5 Å². The van der Waals surface area contributed by atoms with Gasteiger partial charge in [0.25, 0.3) is 10.0 Å². The van der Waals surface area contributed by atoms with E-state index in [4.69, 9.17) is 0 Å². The molecular weight excluding hydrogens is 520 g/mol. The molecule has 2 N–H and O–H groups in total. The molecular formula is C25H27BrN2O3S2. The Morgan fingerprint density at radius 3 is 2.15 bits per heavy atom. The van der Waals surface area contributed by atoms with Crippen molar-refractivity contribution in [2.24, 2.45) is 0 Å². The van der Waals surface area contributed by atoms with E-state index < -0.39 is 10.0 Å². The molecule has 8 heteroatoms. The zero-order chi connectivity index (χ0) is 23.8. The number of nitrogens with one attached hydrogen (secondary N) is 2. The number of amides is 1. The van der Waals surface area contributed by atoms with Gasteiger partial charge in [-0.15, -0.1) is 11.8 Å². The molecule has 0 aliphatic carbocycles. The third kappa shape index (κ3) is 7.62. The Hall–Kier alpha value is -2.29. The summed E-state index contributed by atoms with van der Waals surface area (Å²) in [6.45, 7) is 3.97. The Balaban J connectivity index is 1.59. The molecule has 0 aliphatic heterocycles. The lowest BCUT2D eigenvalue weighted by Crippen LogP contribution is -2.22. The number of benzene rings is 3. The number of carbonyl (C=O) groups excluding carboxylic acids is 1. The number of carbonyl (C=O) groups is 1. The Kier molecular flexibility index (Phi) is 9.00. The lowest BCUT2D eigenvalue weighted by molar-refractivity contribution is -0.115. The Labute approximate surface area is 208 Å². The van der Waals surface area contributed by atoms with Gasteiger partial charge in [0.15, 0.2) is 0 Å². The summed E-state index contributed by atoms with van der Waals surface area (Å²) in [6, 6.07) is 21.4. The molecule has 0 radical (unpaired) electrons. The van der Waals surface area contributed by atoms with Crippen molar-refractivity contribution >= 4 is 55.0 Å². The summed E-state index contributed by atoms with van der Waals surface area (Å²) >= 11 is 4.85. The van der Waals surface area contributed by atoms with E-state index in [1.54, 1.807) is 24.3 Å². The second-order valence-electron chi connectivity index (χ2n) is 7.63. The number of aryl methyl sites for hydroxylation is 1. The molecule has 3 aromatic rings. The molecule has 0 aromatic heterocycles. The van der Waals surface area contributed by atoms with Gasteiger partial charge in [0.1, 0.15) is 0 Å². The van der Waals surface area contributed by atoms with Crippen molar-refractivity contribution in [1.82, 2.24) is 0 Å². The standard InChI is InChI=1S/C25H27BrN2O3S2/c1-3-4-5-19-6-10-22(11-7-19)28-33(30,31)24-16-12-21(13-17-24)27-25(29)18(2)32-23-14-8-20(26)9-15-23/h6-18,28H,3-5H2,1-2H3,(H,27,29). The predicted molar refractivity (Wildman–Crippen MR) is 140 cm³/mol. The van der Waals surface area contributed by atoms with Gasteiger partial charge in [-0.05, 0) is 86.0 Å². The number of rotatable bonds is 10. The smallest absolute Gasteiger partial charge is 0.261 e. The molecule has 0 aliphatic rings. The van der Waals surface area contributed by atoms with Crippen LogP contribution in [0.15, 0.2) is 87.1 Å². The maximum atomic E-state index is 12.7. The van der Waals surface area contributed by atoms with Gasteiger partial charge >= 0.3 is 0 Å². The third-order valence-corrected chi connectivity index (χ3v) is 7.99. The molecule has 3 rings (SSSR count). The molecule has 0 heterocycles. The zero-order valence-electron chi connectivity index (χ0n) is 18.5. The van der Waals surface area contributed by atoms with Gasteiger partial charge in [0.2, 0.25) is 5.91 Å². The van der Waals surface area contributed by atoms with Crippen LogP contribution in [0.5, 0.6) is 0 Å². The van der Waals surface area contributed by atoms with Crippen LogP contribution in [-0.2, 0) is 21.2 Å². The van der Waals surface area contributed by atoms with Crippen LogP contribution in [0.4, 0.5) is 11.4 Å². The first kappa shape index (κ1) is 25.3. The normalized spacial score (nSPS) is 12.2. The largest absolute Gasteiger partial charge is 0.325 e. The van der Waals surface area contributed by atoms with Gasteiger partial charge in [-0.2, -0.15) is 0 Å². The van der Waals surface area contributed by atoms with E-state index in [9.17, 15) is 13.2 Å². The predicted octanol–water partition coefficient (Wildman–Crippen LogP) is 6.71. The first-order valence-corrected chi connectivity index (χ1v) is 13.9. The van der Waals surface area contributed by atoms with Crippen molar-refractivity contribution in [3.63, 3.8) is 0 Å². The summed E-state index contributed by atoms with van der Waals surface area (Å²) < 4.78 is 29.0. The number of thioether (sulfide) groups is 1. The van der Waals surface area contributed by atoms with Gasteiger partial charge < -0.3 is 5.32 Å². The summed E-state index contributed by atoms with van der Waals surface area (Å²) in [5.74, 6) is -0.153. The highest BCUT2D eigenvalue weighted by Crippen LogP contribution is 2.26. The van der Waals surface area contributed by atoms with Crippen molar-refractivity contribution in [3.8, 4) is 0 Å². The molecule has 1 atom stereocenters. The number of sulfonamides is 1. The van der Waals surface area contributed by atoms with E-state index in [2.05, 4.69) is 32.9 Å². The topological polar surface area (TPSA) is 75.3 Å². The minimum Gasteiger partial charge on any atom is -0.325 e. The summed E-state index contributed by atoms with van der Waals surface area (Å²) in [5, 5.41) is 2.53. The average Bonchev–Trinajstić information content (AvgIpc) is 2.80. The highest BCUT2D eigenvalue weighted by molar-refractivity contribution is 9.10. The molecule has 174 valence electrons. The Morgan fingerprint density at radius 2 is 1.55 bits per heavy atom. The monoisotopic (exact) mass is 546 g/mol. The average molecular weight is 548 g/mol. The summed E-state index contributed by atoms with van der Waals surface area (Å²) in [7, 11) is -3.72. The lowest BCUT2D eigenvalue weighted by Gasteiger charge is -2.13. The quantitative estimate of drug-likeness (QED) is 0.277. The van der Waals surface area contributed by atoms with Crippen LogP contribution in [-0.4, -0.2) is 19.6 Å². The highest BCUT2D eigenvalue weighted by atomic mass is 79.9. The van der Waals surface area contributed by atoms with Crippen LogP contribution < -0.4 is 10.0 Å². The fourth-order valence-electron chi connectivity index (χ4n) is 3.07. The summed E-state index contributed by atoms with van der Waals surface area (Å²) in [5.41, 5.74) is 2.25. The van der Waals surface area contributed by atoms with Gasteiger partial charge in [-0.3, -0.25) is 9.52 Å². The van der Waals surface area contributed by atoms with E-state index in [-0.39, 0.29) is 16.1 Å². The Bertz CT molecular complexity index is 1160. The van der Waals surface area contributed by atoms with Crippen LogP contribution >= 0.6 is 27.7 Å². The van der Waals surface area contributed by atoms with Crippen molar-refractivity contribution < 1.29 is 13.2 Å². The van der Waals surface area contributed by atoms with Crippen molar-refractivity contribution in [2.75, 3.05) is 10.0 Å². The summed E-state index contributed by atoms with van der Waals surface area (Å²) in [4.78, 5) is 13.7. The van der Waals surface area contributed by atoms with E-state index in [1.807, 2.05) is 43.3 Å². The van der Waals surface area contributed by atoms with Gasteiger partial charge in [0, 0.05) is 20.7 Å². The molecule has 0 spiro atoms. The van der Waals surface area contributed by atoms with Crippen LogP contribution in [0.2, 0.25) is 0 Å². The number of halogens is 1. The van der Waals surface area contributed by atoms with Crippen molar-refractivity contribution in [1.29, 1.82) is 0 Å². The number of anilines is 2. The summed E-state index contributed by atoms with van der Waals surface area (Å²) in [6.07, 6.45) is 3.21. The van der Waals surface area contributed by atoms with Gasteiger partial charge in [-0.25, -0.2) is 8.42 Å². The van der Waals surface area contributed by atoms with E-state index in [0.717, 1.165) is 28.6 Å². The molecule has 1 unspecified atom stereocenters. The second-order valence-corrected chi connectivity index (χ2v) is 11.6. The molecule has 3 aromatic carbocycles. The van der Waals surface area contributed by atoms with Crippen LogP contribution in [0.1, 0.15) is 32.3 Å². The Morgan fingerprint density at radius 1 is 0.939 bits per heavy atom. The molecule has 5 nitrogen and oxygen atoms in total. The van der Waals surface area contributed by atoms with Crippen LogP contribution in [0, 0.1) is 0 Å². The first-order valence-electron chi connectivity index (χ1n) is 10.7. The maximum Gasteiger partial charge on any atom is 0.261 e. The van der Waals surface area contributed by atoms with E-state index >= 15 is 0 Å². The lowest BCUT2D eigenvalue weighted by atomic mass is 10.1. The fourth-order valence-corrected chi connectivity index (χ4v) is 5.26. The fraction of sp³-hybridized carbons (Fsp3) is 0.240. The van der Waals surface area contributed by atoms with Gasteiger partial charge in [0.05, 0.1) is 10.1 Å². The molecule has 0 saturated heterocycles. The SMILES string of the molecule is CCCCc1ccc(NS(=O)(=O)c2ccc(NC(=O)C(C)Sc3ccc(Br)cc3)cc2)cc1. The van der Waals surface area contributed by atoms with Crippen LogP contribution in [0.25, 0.3) is 0 Å².